The van der Waals surface area contributed by atoms with Crippen LogP contribution in [-0.2, 0) is 6.54 Å². The number of rotatable bonds is 2. The molecule has 4 nitrogen and oxygen atoms in total. The van der Waals surface area contributed by atoms with Crippen LogP contribution in [0.5, 0.6) is 0 Å². The van der Waals surface area contributed by atoms with Crippen LogP contribution in [0.4, 0.5) is 32.0 Å². The first-order valence-electron chi connectivity index (χ1n) is 6.41. The SMILES string of the molecule is Cc1cc(CN2N=C(C(F)(F)F)CC2(O)C(F)(F)F)ccc1N. The van der Waals surface area contributed by atoms with Gasteiger partial charge >= 0.3 is 12.4 Å². The third kappa shape index (κ3) is 3.21. The molecule has 0 aliphatic carbocycles. The number of halogens is 6. The zero-order valence-electron chi connectivity index (χ0n) is 11.8. The highest BCUT2D eigenvalue weighted by Gasteiger charge is 2.64. The van der Waals surface area contributed by atoms with E-state index >= 15 is 0 Å². The van der Waals surface area contributed by atoms with E-state index in [2.05, 4.69) is 5.10 Å². The maximum Gasteiger partial charge on any atom is 0.438 e. The number of hydrazone groups is 1. The van der Waals surface area contributed by atoms with E-state index in [9.17, 15) is 31.4 Å². The largest absolute Gasteiger partial charge is 0.438 e. The fraction of sp³-hybridized carbons (Fsp3) is 0.462. The molecule has 1 aromatic carbocycles. The third-order valence-corrected chi connectivity index (χ3v) is 3.53. The molecule has 3 N–H and O–H groups in total. The van der Waals surface area contributed by atoms with E-state index in [4.69, 9.17) is 5.73 Å². The van der Waals surface area contributed by atoms with Gasteiger partial charge in [0.1, 0.15) is 5.71 Å². The van der Waals surface area contributed by atoms with Crippen molar-refractivity contribution in [2.75, 3.05) is 5.73 Å². The first-order chi connectivity index (χ1) is 10.3. The molecule has 1 atom stereocenters. The number of hydrogen-bond acceptors (Lipinski definition) is 4. The molecule has 1 aromatic rings. The predicted octanol–water partition coefficient (Wildman–Crippen LogP) is 2.95. The van der Waals surface area contributed by atoms with Crippen LogP contribution in [0, 0.1) is 6.92 Å². The predicted molar refractivity (Wildman–Crippen MR) is 70.2 cm³/mol. The van der Waals surface area contributed by atoms with Crippen molar-refractivity contribution < 1.29 is 31.4 Å². The van der Waals surface area contributed by atoms with Gasteiger partial charge in [-0.25, -0.2) is 0 Å². The van der Waals surface area contributed by atoms with Gasteiger partial charge in [-0.2, -0.15) is 31.4 Å². The highest BCUT2D eigenvalue weighted by Crippen LogP contribution is 2.43. The zero-order chi connectivity index (χ0) is 17.6. The summed E-state index contributed by atoms with van der Waals surface area (Å²) in [6, 6.07) is 4.20. The van der Waals surface area contributed by atoms with Gasteiger partial charge in [-0.05, 0) is 24.1 Å². The summed E-state index contributed by atoms with van der Waals surface area (Å²) in [6.45, 7) is 0.958. The number of nitrogens with zero attached hydrogens (tertiary/aromatic N) is 2. The summed E-state index contributed by atoms with van der Waals surface area (Å²) in [5.41, 5.74) is 1.39. The molecular weight excluding hydrogens is 328 g/mol. The normalized spacial score (nSPS) is 22.4. The summed E-state index contributed by atoms with van der Waals surface area (Å²) in [5.74, 6) is 0. The molecule has 1 unspecified atom stereocenters. The molecule has 0 radical (unpaired) electrons. The minimum absolute atomic E-state index is 0.0147. The van der Waals surface area contributed by atoms with Crippen LogP contribution >= 0.6 is 0 Å². The quantitative estimate of drug-likeness (QED) is 0.642. The molecule has 1 aliphatic rings. The first-order valence-corrected chi connectivity index (χ1v) is 6.41. The number of nitrogens with two attached hydrogens (primary N) is 1. The lowest BCUT2D eigenvalue weighted by Gasteiger charge is -2.34. The van der Waals surface area contributed by atoms with Crippen LogP contribution in [0.2, 0.25) is 0 Å². The average molecular weight is 341 g/mol. The molecule has 0 bridgehead atoms. The Labute approximate surface area is 127 Å². The lowest BCUT2D eigenvalue weighted by molar-refractivity contribution is -0.310. The lowest BCUT2D eigenvalue weighted by Crippen LogP contribution is -2.54. The summed E-state index contributed by atoms with van der Waals surface area (Å²) in [6.07, 6.45) is -12.0. The van der Waals surface area contributed by atoms with Gasteiger partial charge in [0.2, 0.25) is 0 Å². The fourth-order valence-electron chi connectivity index (χ4n) is 2.17. The number of alkyl halides is 6. The van der Waals surface area contributed by atoms with E-state index < -0.39 is 36.8 Å². The lowest BCUT2D eigenvalue weighted by atomic mass is 10.0. The Balaban J connectivity index is 2.38. The van der Waals surface area contributed by atoms with Gasteiger partial charge in [-0.15, -0.1) is 0 Å². The molecule has 0 amide bonds. The second kappa shape index (κ2) is 5.29. The maximum atomic E-state index is 13.1. The number of nitrogen functional groups attached to an aromatic ring is 1. The van der Waals surface area contributed by atoms with Crippen LogP contribution in [0.15, 0.2) is 23.3 Å². The van der Waals surface area contributed by atoms with Gasteiger partial charge in [-0.3, -0.25) is 5.01 Å². The molecule has 0 spiro atoms. The number of benzene rings is 1. The summed E-state index contributed by atoms with van der Waals surface area (Å²) >= 11 is 0. The van der Waals surface area contributed by atoms with Gasteiger partial charge in [-0.1, -0.05) is 12.1 Å². The Morgan fingerprint density at radius 3 is 2.35 bits per heavy atom. The van der Waals surface area contributed by atoms with E-state index in [1.807, 2.05) is 0 Å². The third-order valence-electron chi connectivity index (χ3n) is 3.53. The van der Waals surface area contributed by atoms with Crippen LogP contribution in [0.3, 0.4) is 0 Å². The van der Waals surface area contributed by atoms with E-state index in [0.29, 0.717) is 11.3 Å². The summed E-state index contributed by atoms with van der Waals surface area (Å²) < 4.78 is 77.2. The zero-order valence-corrected chi connectivity index (χ0v) is 11.8. The molecule has 0 aromatic heterocycles. The Morgan fingerprint density at radius 2 is 1.87 bits per heavy atom. The molecule has 2 rings (SSSR count). The second-order valence-corrected chi connectivity index (χ2v) is 5.28. The number of aliphatic hydroxyl groups is 1. The van der Waals surface area contributed by atoms with Crippen LogP contribution < -0.4 is 5.73 Å². The van der Waals surface area contributed by atoms with Crippen LogP contribution in [-0.4, -0.2) is 33.9 Å². The smallest absolute Gasteiger partial charge is 0.399 e. The maximum absolute atomic E-state index is 13.1. The van der Waals surface area contributed by atoms with Crippen molar-refractivity contribution in [3.8, 4) is 0 Å². The Kier molecular flexibility index (Phi) is 4.00. The van der Waals surface area contributed by atoms with Gasteiger partial charge in [0.25, 0.3) is 5.72 Å². The highest BCUT2D eigenvalue weighted by atomic mass is 19.4. The molecule has 0 saturated carbocycles. The summed E-state index contributed by atoms with van der Waals surface area (Å²) in [5, 5.41) is 12.7. The molecule has 128 valence electrons. The minimum Gasteiger partial charge on any atom is -0.399 e. The molecule has 23 heavy (non-hydrogen) atoms. The molecule has 1 heterocycles. The fourth-order valence-corrected chi connectivity index (χ4v) is 2.17. The van der Waals surface area contributed by atoms with Crippen molar-refractivity contribution in [2.45, 2.75) is 38.0 Å². The van der Waals surface area contributed by atoms with Crippen LogP contribution in [0.1, 0.15) is 17.5 Å². The van der Waals surface area contributed by atoms with Crippen molar-refractivity contribution >= 4 is 11.4 Å². The number of aryl methyl sites for hydroxylation is 1. The van der Waals surface area contributed by atoms with Crippen molar-refractivity contribution in [2.24, 2.45) is 5.10 Å². The van der Waals surface area contributed by atoms with Gasteiger partial charge in [0.05, 0.1) is 13.0 Å². The van der Waals surface area contributed by atoms with Gasteiger partial charge in [0, 0.05) is 5.69 Å². The minimum atomic E-state index is -5.30. The van der Waals surface area contributed by atoms with Crippen molar-refractivity contribution in [3.63, 3.8) is 0 Å². The van der Waals surface area contributed by atoms with E-state index in [0.717, 1.165) is 0 Å². The van der Waals surface area contributed by atoms with Gasteiger partial charge in [0.15, 0.2) is 0 Å². The summed E-state index contributed by atoms with van der Waals surface area (Å²) in [4.78, 5) is 0. The van der Waals surface area contributed by atoms with E-state index in [-0.39, 0.29) is 10.6 Å². The summed E-state index contributed by atoms with van der Waals surface area (Å²) in [7, 11) is 0. The average Bonchev–Trinajstić information content (AvgIpc) is 2.72. The van der Waals surface area contributed by atoms with Crippen molar-refractivity contribution in [1.29, 1.82) is 0 Å². The van der Waals surface area contributed by atoms with Crippen molar-refractivity contribution in [3.05, 3.63) is 29.3 Å². The standard InChI is InChI=1S/C13H13F6N3O/c1-7-4-8(2-3-9(7)20)6-22-11(23,13(17,18)19)5-10(21-22)12(14,15)16/h2-4,23H,5-6,20H2,1H3. The second-order valence-electron chi connectivity index (χ2n) is 5.28. The Hall–Kier alpha value is -1.97. The van der Waals surface area contributed by atoms with E-state index in [1.165, 1.54) is 18.2 Å². The monoisotopic (exact) mass is 341 g/mol. The Morgan fingerprint density at radius 1 is 1.26 bits per heavy atom. The van der Waals surface area contributed by atoms with Crippen molar-refractivity contribution in [1.82, 2.24) is 5.01 Å². The number of anilines is 1. The first kappa shape index (κ1) is 17.4. The highest BCUT2D eigenvalue weighted by molar-refractivity contribution is 5.91. The van der Waals surface area contributed by atoms with Gasteiger partial charge < -0.3 is 10.8 Å². The molecule has 10 heteroatoms. The molecule has 0 fully saturated rings. The van der Waals surface area contributed by atoms with E-state index in [1.54, 1.807) is 6.92 Å². The molecular formula is C13H13F6N3O. The Bertz CT molecular complexity index is 640. The molecule has 1 aliphatic heterocycles. The topological polar surface area (TPSA) is 61.8 Å². The van der Waals surface area contributed by atoms with Crippen LogP contribution in [0.25, 0.3) is 0 Å². The number of hydrogen-bond donors (Lipinski definition) is 2. The molecule has 0 saturated heterocycles.